The molecule has 3 heteroatoms. The minimum Gasteiger partial charge on any atom is -0.363 e. The molecule has 0 N–H and O–H groups in total. The molecule has 0 bridgehead atoms. The van der Waals surface area contributed by atoms with Crippen LogP contribution in [0.3, 0.4) is 0 Å². The molecule has 0 amide bonds. The smallest absolute Gasteiger partial charge is 0.168 e. The third-order valence-electron chi connectivity index (χ3n) is 0.783. The molecule has 0 aliphatic heterocycles. The van der Waals surface area contributed by atoms with E-state index in [1.54, 1.807) is 0 Å². The average Bonchev–Trinajstić information content (AvgIpc) is 1.91. The van der Waals surface area contributed by atoms with Gasteiger partial charge in [-0.1, -0.05) is 6.92 Å². The van der Waals surface area contributed by atoms with E-state index in [-0.39, 0.29) is 0 Å². The Balaban J connectivity index is 3.30. The molecule has 0 unspecified atom stereocenters. The molecule has 0 saturated heterocycles. The summed E-state index contributed by atoms with van der Waals surface area (Å²) in [6.45, 7) is 2.37. The maximum atomic E-state index is 9.89. The van der Waals surface area contributed by atoms with Crippen molar-refractivity contribution in [3.8, 4) is 0 Å². The van der Waals surface area contributed by atoms with Crippen LogP contribution in [0.25, 0.3) is 0 Å². The normalized spacial score (nSPS) is 9.56. The predicted molar refractivity (Wildman–Crippen MR) is 32.2 cm³/mol. The van der Waals surface area contributed by atoms with E-state index < -0.39 is 6.10 Å². The average molecular weight is 130 g/mol. The molecule has 0 heterocycles. The molecule has 0 atom stereocenters. The van der Waals surface area contributed by atoms with Gasteiger partial charge in [-0.3, -0.25) is 9.59 Å². The Kier molecular flexibility index (Phi) is 5.01. The van der Waals surface area contributed by atoms with E-state index >= 15 is 0 Å². The highest BCUT2D eigenvalue weighted by molar-refractivity contribution is 5.80. The lowest BCUT2D eigenvalue weighted by Crippen LogP contribution is -2.16. The molecule has 0 aliphatic carbocycles. The highest BCUT2D eigenvalue weighted by Gasteiger charge is 2.01. The molecule has 0 saturated carbocycles. The molecular weight excluding hydrogens is 120 g/mol. The van der Waals surface area contributed by atoms with Crippen molar-refractivity contribution in [1.29, 1.82) is 0 Å². The van der Waals surface area contributed by atoms with Gasteiger partial charge < -0.3 is 4.74 Å². The second-order valence-corrected chi connectivity index (χ2v) is 1.61. The summed E-state index contributed by atoms with van der Waals surface area (Å²) in [6.07, 6.45) is 0.939. The molecule has 0 radical (unpaired) electrons. The Bertz CT molecular complexity index is 82.3. The number of hydrogen-bond donors (Lipinski definition) is 0. The fourth-order valence-electron chi connectivity index (χ4n) is 0.365. The summed E-state index contributed by atoms with van der Waals surface area (Å²) < 4.78 is 4.75. The van der Waals surface area contributed by atoms with Gasteiger partial charge in [-0.25, -0.2) is 0 Å². The van der Waals surface area contributed by atoms with Gasteiger partial charge in [0.05, 0.1) is 0 Å². The van der Waals surface area contributed by atoms with E-state index in [9.17, 15) is 9.59 Å². The summed E-state index contributed by atoms with van der Waals surface area (Å²) in [6, 6.07) is 0. The van der Waals surface area contributed by atoms with Crippen LogP contribution in [0.1, 0.15) is 13.3 Å². The first kappa shape index (κ1) is 8.30. The van der Waals surface area contributed by atoms with E-state index in [2.05, 4.69) is 0 Å². The third kappa shape index (κ3) is 3.85. The van der Waals surface area contributed by atoms with E-state index in [0.717, 1.165) is 6.42 Å². The Morgan fingerprint density at radius 3 is 2.33 bits per heavy atom. The lowest BCUT2D eigenvalue weighted by molar-refractivity contribution is -0.128. The number of carbonyl (C=O) groups is 2. The van der Waals surface area contributed by atoms with Crippen LogP contribution in [-0.2, 0) is 14.3 Å². The van der Waals surface area contributed by atoms with Crippen LogP contribution in [0.2, 0.25) is 0 Å². The van der Waals surface area contributed by atoms with Crippen LogP contribution < -0.4 is 0 Å². The van der Waals surface area contributed by atoms with Crippen molar-refractivity contribution in [2.45, 2.75) is 19.4 Å². The first-order chi connectivity index (χ1) is 4.35. The van der Waals surface area contributed by atoms with Crippen molar-refractivity contribution in [3.05, 3.63) is 0 Å². The molecule has 3 nitrogen and oxygen atoms in total. The molecule has 0 spiro atoms. The van der Waals surface area contributed by atoms with Gasteiger partial charge in [0.2, 0.25) is 0 Å². The van der Waals surface area contributed by atoms with Crippen LogP contribution in [0.5, 0.6) is 0 Å². The molecule has 0 aromatic carbocycles. The third-order valence-corrected chi connectivity index (χ3v) is 0.783. The van der Waals surface area contributed by atoms with E-state index in [1.807, 2.05) is 6.92 Å². The summed E-state index contributed by atoms with van der Waals surface area (Å²) in [5, 5.41) is 0. The van der Waals surface area contributed by atoms with Crippen molar-refractivity contribution in [1.82, 2.24) is 0 Å². The van der Waals surface area contributed by atoms with E-state index in [1.165, 1.54) is 0 Å². The van der Waals surface area contributed by atoms with Crippen molar-refractivity contribution < 1.29 is 14.3 Å². The summed E-state index contributed by atoms with van der Waals surface area (Å²) >= 11 is 0. The standard InChI is InChI=1S/C6H10O3/c1-2-3-9-6(4-7)5-8/h4-6H,2-3H2,1H3. The number of hydrogen-bond acceptors (Lipinski definition) is 3. The molecule has 9 heavy (non-hydrogen) atoms. The van der Waals surface area contributed by atoms with E-state index in [4.69, 9.17) is 4.74 Å². The Morgan fingerprint density at radius 1 is 1.44 bits per heavy atom. The predicted octanol–water partition coefficient (Wildman–Crippen LogP) is 0.179. The zero-order valence-electron chi connectivity index (χ0n) is 5.37. The summed E-state index contributed by atoms with van der Waals surface area (Å²) in [7, 11) is 0. The molecule has 0 aliphatic rings. The van der Waals surface area contributed by atoms with Crippen molar-refractivity contribution in [2.24, 2.45) is 0 Å². The second kappa shape index (κ2) is 5.44. The Morgan fingerprint density at radius 2 is 2.00 bits per heavy atom. The van der Waals surface area contributed by atoms with Crippen molar-refractivity contribution >= 4 is 12.6 Å². The maximum Gasteiger partial charge on any atom is 0.168 e. The molecule has 0 aromatic rings. The zero-order chi connectivity index (χ0) is 7.11. The van der Waals surface area contributed by atoms with Crippen LogP contribution in [0.4, 0.5) is 0 Å². The monoisotopic (exact) mass is 130 g/mol. The van der Waals surface area contributed by atoms with Crippen molar-refractivity contribution in [2.75, 3.05) is 6.61 Å². The van der Waals surface area contributed by atoms with Gasteiger partial charge in [-0.2, -0.15) is 0 Å². The fourth-order valence-corrected chi connectivity index (χ4v) is 0.365. The largest absolute Gasteiger partial charge is 0.363 e. The first-order valence-electron chi connectivity index (χ1n) is 2.87. The SMILES string of the molecule is CCCOC(C=O)C=O. The van der Waals surface area contributed by atoms with Gasteiger partial charge in [0, 0.05) is 6.61 Å². The summed E-state index contributed by atoms with van der Waals surface area (Å²) in [5.41, 5.74) is 0. The molecule has 0 fully saturated rings. The molecule has 52 valence electrons. The van der Waals surface area contributed by atoms with Gasteiger partial charge in [0.15, 0.2) is 18.7 Å². The van der Waals surface area contributed by atoms with Crippen LogP contribution in [-0.4, -0.2) is 25.3 Å². The summed E-state index contributed by atoms with van der Waals surface area (Å²) in [5.74, 6) is 0. The number of aldehydes is 2. The maximum absolute atomic E-state index is 9.89. The molecular formula is C6H10O3. The van der Waals surface area contributed by atoms with Crippen LogP contribution >= 0.6 is 0 Å². The lowest BCUT2D eigenvalue weighted by atomic mass is 10.4. The Labute approximate surface area is 54.0 Å². The topological polar surface area (TPSA) is 43.4 Å². The minimum atomic E-state index is -0.857. The molecule has 0 aromatic heterocycles. The van der Waals surface area contributed by atoms with Gasteiger partial charge in [-0.15, -0.1) is 0 Å². The van der Waals surface area contributed by atoms with Gasteiger partial charge in [0.25, 0.3) is 0 Å². The van der Waals surface area contributed by atoms with Gasteiger partial charge in [-0.05, 0) is 6.42 Å². The summed E-state index contributed by atoms with van der Waals surface area (Å²) in [4.78, 5) is 19.8. The molecule has 0 rings (SSSR count). The van der Waals surface area contributed by atoms with Crippen LogP contribution in [0.15, 0.2) is 0 Å². The Hall–Kier alpha value is -0.700. The quantitative estimate of drug-likeness (QED) is 0.394. The zero-order valence-corrected chi connectivity index (χ0v) is 5.37. The second-order valence-electron chi connectivity index (χ2n) is 1.61. The number of ether oxygens (including phenoxy) is 1. The first-order valence-corrected chi connectivity index (χ1v) is 2.87. The van der Waals surface area contributed by atoms with E-state index in [0.29, 0.717) is 19.2 Å². The fraction of sp³-hybridized carbons (Fsp3) is 0.667. The lowest BCUT2D eigenvalue weighted by Gasteiger charge is -2.00. The number of carbonyl (C=O) groups excluding carboxylic acids is 2. The van der Waals surface area contributed by atoms with Gasteiger partial charge >= 0.3 is 0 Å². The van der Waals surface area contributed by atoms with Gasteiger partial charge in [0.1, 0.15) is 0 Å². The minimum absolute atomic E-state index is 0.460. The highest BCUT2D eigenvalue weighted by Crippen LogP contribution is 1.84. The van der Waals surface area contributed by atoms with Crippen molar-refractivity contribution in [3.63, 3.8) is 0 Å². The highest BCUT2D eigenvalue weighted by atomic mass is 16.5. The van der Waals surface area contributed by atoms with Crippen LogP contribution in [0, 0.1) is 0 Å². The number of rotatable bonds is 5.